The van der Waals surface area contributed by atoms with E-state index in [4.69, 9.17) is 25.9 Å². The second kappa shape index (κ2) is 12.0. The number of ether oxygens (including phenoxy) is 3. The molecule has 0 aromatic carbocycles. The van der Waals surface area contributed by atoms with Crippen molar-refractivity contribution in [2.24, 2.45) is 11.7 Å². The zero-order chi connectivity index (χ0) is 19.5. The van der Waals surface area contributed by atoms with E-state index in [1.807, 2.05) is 0 Å². The number of nitrogens with zero attached hydrogens (tertiary/aromatic N) is 1. The molecule has 2 rings (SSSR count). The molecule has 0 saturated carbocycles. The summed E-state index contributed by atoms with van der Waals surface area (Å²) < 4.78 is 16.1. The fraction of sp³-hybridized carbons (Fsp3) is 0.950. The molecule has 2 aliphatic rings. The summed E-state index contributed by atoms with van der Waals surface area (Å²) in [5, 5.41) is 1.01. The van der Waals surface area contributed by atoms with Crippen LogP contribution in [-0.4, -0.2) is 48.7 Å². The van der Waals surface area contributed by atoms with Crippen LogP contribution in [0.3, 0.4) is 0 Å². The van der Waals surface area contributed by atoms with Crippen LogP contribution in [0.4, 0.5) is 0 Å². The third-order valence-electron chi connectivity index (χ3n) is 5.54. The van der Waals surface area contributed by atoms with Gasteiger partial charge in [0.05, 0.1) is 32.0 Å². The molecule has 2 atom stereocenters. The Balaban J connectivity index is 1.59. The standard InChI is InChI=1S/C20H39N3O4/c1-2-3-4-5-6-7-8-9-10-11-12-25-19(24)20(23(21)22,13-17-15-26-17)14-18-16-27-18/h17-18H,2-16,21-22H2,1H3. The molecule has 0 aromatic rings. The van der Waals surface area contributed by atoms with E-state index in [0.717, 1.165) is 18.0 Å². The van der Waals surface area contributed by atoms with Crippen LogP contribution < -0.4 is 11.7 Å². The number of epoxide rings is 2. The van der Waals surface area contributed by atoms with Gasteiger partial charge in [0.15, 0.2) is 5.54 Å². The summed E-state index contributed by atoms with van der Waals surface area (Å²) in [5.74, 6) is 11.4. The van der Waals surface area contributed by atoms with Gasteiger partial charge in [-0.15, -0.1) is 0 Å². The number of carbonyl (C=O) groups is 1. The van der Waals surface area contributed by atoms with E-state index in [9.17, 15) is 4.79 Å². The molecule has 2 unspecified atom stereocenters. The van der Waals surface area contributed by atoms with Crippen molar-refractivity contribution in [1.82, 2.24) is 5.12 Å². The van der Waals surface area contributed by atoms with E-state index in [0.29, 0.717) is 32.7 Å². The molecule has 2 heterocycles. The monoisotopic (exact) mass is 385 g/mol. The number of esters is 1. The molecule has 27 heavy (non-hydrogen) atoms. The number of unbranched alkanes of at least 4 members (excludes halogenated alkanes) is 9. The first-order chi connectivity index (χ1) is 13.1. The molecule has 158 valence electrons. The van der Waals surface area contributed by atoms with Crippen molar-refractivity contribution in [2.45, 2.75) is 102 Å². The average Bonchev–Trinajstić information content (AvgIpc) is 3.55. The lowest BCUT2D eigenvalue weighted by Gasteiger charge is -2.35. The van der Waals surface area contributed by atoms with E-state index in [2.05, 4.69) is 6.92 Å². The van der Waals surface area contributed by atoms with Gasteiger partial charge < -0.3 is 14.2 Å². The molecule has 2 aliphatic heterocycles. The smallest absolute Gasteiger partial charge is 0.329 e. The van der Waals surface area contributed by atoms with Crippen molar-refractivity contribution in [3.63, 3.8) is 0 Å². The summed E-state index contributed by atoms with van der Waals surface area (Å²) in [6.07, 6.45) is 13.4. The van der Waals surface area contributed by atoms with E-state index in [-0.39, 0.29) is 18.2 Å². The molecule has 0 spiro atoms. The number of nitrogens with two attached hydrogens (primary N) is 2. The average molecular weight is 386 g/mol. The first-order valence-corrected chi connectivity index (χ1v) is 10.8. The van der Waals surface area contributed by atoms with Crippen molar-refractivity contribution < 1.29 is 19.0 Å². The predicted molar refractivity (Wildman–Crippen MR) is 104 cm³/mol. The van der Waals surface area contributed by atoms with Crippen molar-refractivity contribution >= 4 is 5.97 Å². The SMILES string of the molecule is CCCCCCCCCCCCOC(=O)C(CC1CO1)(CC1CO1)N(N)N. The van der Waals surface area contributed by atoms with E-state index < -0.39 is 5.54 Å². The zero-order valence-electron chi connectivity index (χ0n) is 17.0. The predicted octanol–water partition coefficient (Wildman–Crippen LogP) is 2.82. The highest BCUT2D eigenvalue weighted by Gasteiger charge is 2.51. The van der Waals surface area contributed by atoms with Gasteiger partial charge in [-0.25, -0.2) is 4.79 Å². The molecule has 4 N–H and O–H groups in total. The fourth-order valence-corrected chi connectivity index (χ4v) is 3.58. The number of rotatable bonds is 17. The van der Waals surface area contributed by atoms with Gasteiger partial charge in [-0.05, 0) is 6.42 Å². The third-order valence-corrected chi connectivity index (χ3v) is 5.54. The molecule has 0 aromatic heterocycles. The normalized spacial score (nSPS) is 23.3. The highest BCUT2D eigenvalue weighted by Crippen LogP contribution is 2.34. The lowest BCUT2D eigenvalue weighted by atomic mass is 9.88. The Morgan fingerprint density at radius 2 is 1.37 bits per heavy atom. The first kappa shape index (κ1) is 22.6. The number of hydrazine groups is 2. The Morgan fingerprint density at radius 3 is 1.78 bits per heavy atom. The summed E-state index contributed by atoms with van der Waals surface area (Å²) >= 11 is 0. The van der Waals surface area contributed by atoms with Gasteiger partial charge in [-0.2, -0.15) is 5.12 Å². The topological polar surface area (TPSA) is 107 Å². The second-order valence-electron chi connectivity index (χ2n) is 8.08. The van der Waals surface area contributed by atoms with Gasteiger partial charge in [-0.3, -0.25) is 11.7 Å². The van der Waals surface area contributed by atoms with Gasteiger partial charge in [0, 0.05) is 12.8 Å². The van der Waals surface area contributed by atoms with Gasteiger partial charge in [-0.1, -0.05) is 64.7 Å². The maximum absolute atomic E-state index is 12.8. The minimum atomic E-state index is -1.05. The highest BCUT2D eigenvalue weighted by molar-refractivity contribution is 5.81. The van der Waals surface area contributed by atoms with Crippen LogP contribution in [0.2, 0.25) is 0 Å². The largest absolute Gasteiger partial charge is 0.464 e. The lowest BCUT2D eigenvalue weighted by Crippen LogP contribution is -2.63. The Bertz CT molecular complexity index is 411. The summed E-state index contributed by atoms with van der Waals surface area (Å²) in [6.45, 7) is 3.95. The Morgan fingerprint density at radius 1 is 0.926 bits per heavy atom. The van der Waals surface area contributed by atoms with Crippen LogP contribution in [0, 0.1) is 0 Å². The Hall–Kier alpha value is -0.730. The molecule has 0 bridgehead atoms. The first-order valence-electron chi connectivity index (χ1n) is 10.8. The molecule has 7 heteroatoms. The minimum Gasteiger partial charge on any atom is -0.464 e. The molecular weight excluding hydrogens is 346 g/mol. The lowest BCUT2D eigenvalue weighted by molar-refractivity contribution is -0.161. The molecule has 0 radical (unpaired) electrons. The van der Waals surface area contributed by atoms with Crippen molar-refractivity contribution in [3.8, 4) is 0 Å². The van der Waals surface area contributed by atoms with Gasteiger partial charge >= 0.3 is 5.97 Å². The Labute approximate surface area is 164 Å². The van der Waals surface area contributed by atoms with Crippen LogP contribution in [0.1, 0.15) is 84.0 Å². The maximum Gasteiger partial charge on any atom is 0.329 e. The molecule has 0 amide bonds. The molecular formula is C20H39N3O4. The van der Waals surface area contributed by atoms with Gasteiger partial charge in [0.25, 0.3) is 0 Å². The fourth-order valence-electron chi connectivity index (χ4n) is 3.58. The van der Waals surface area contributed by atoms with Crippen LogP contribution in [0.25, 0.3) is 0 Å². The van der Waals surface area contributed by atoms with E-state index in [1.54, 1.807) is 0 Å². The van der Waals surface area contributed by atoms with Gasteiger partial charge in [0.2, 0.25) is 0 Å². The Kier molecular flexibility index (Phi) is 10.00. The summed E-state index contributed by atoms with van der Waals surface area (Å²) in [6, 6.07) is 0. The zero-order valence-corrected chi connectivity index (χ0v) is 17.0. The van der Waals surface area contributed by atoms with E-state index >= 15 is 0 Å². The summed E-state index contributed by atoms with van der Waals surface area (Å²) in [5.41, 5.74) is -1.05. The number of carbonyl (C=O) groups excluding carboxylic acids is 1. The van der Waals surface area contributed by atoms with Crippen LogP contribution in [-0.2, 0) is 19.0 Å². The second-order valence-corrected chi connectivity index (χ2v) is 8.08. The van der Waals surface area contributed by atoms with Crippen LogP contribution in [0.5, 0.6) is 0 Å². The van der Waals surface area contributed by atoms with E-state index in [1.165, 1.54) is 51.4 Å². The third kappa shape index (κ3) is 8.44. The van der Waals surface area contributed by atoms with Crippen molar-refractivity contribution in [1.29, 1.82) is 0 Å². The quantitative estimate of drug-likeness (QED) is 0.130. The number of hydrogen-bond acceptors (Lipinski definition) is 7. The van der Waals surface area contributed by atoms with Crippen molar-refractivity contribution in [3.05, 3.63) is 0 Å². The molecule has 2 fully saturated rings. The minimum absolute atomic E-state index is 0.0308. The van der Waals surface area contributed by atoms with Crippen LogP contribution >= 0.6 is 0 Å². The summed E-state index contributed by atoms with van der Waals surface area (Å²) in [4.78, 5) is 12.8. The highest BCUT2D eigenvalue weighted by atomic mass is 16.6. The molecule has 7 nitrogen and oxygen atoms in total. The number of hydrogen-bond donors (Lipinski definition) is 2. The molecule has 0 aliphatic carbocycles. The summed E-state index contributed by atoms with van der Waals surface area (Å²) in [7, 11) is 0. The molecule has 2 saturated heterocycles. The van der Waals surface area contributed by atoms with Gasteiger partial charge in [0.1, 0.15) is 0 Å². The van der Waals surface area contributed by atoms with Crippen LogP contribution in [0.15, 0.2) is 0 Å². The maximum atomic E-state index is 12.8. The van der Waals surface area contributed by atoms with Crippen molar-refractivity contribution in [2.75, 3.05) is 19.8 Å².